The van der Waals surface area contributed by atoms with E-state index in [0.717, 1.165) is 11.1 Å². The number of phenolic OH excluding ortho intramolecular Hbond substituents is 1. The van der Waals surface area contributed by atoms with Crippen molar-refractivity contribution in [3.05, 3.63) is 59.7 Å². The molecule has 0 amide bonds. The SMILES string of the molecule is COc1cc(/C=N/OCc2ccccc2)ccc1O. The van der Waals surface area contributed by atoms with Gasteiger partial charge in [0.25, 0.3) is 0 Å². The largest absolute Gasteiger partial charge is 0.504 e. The summed E-state index contributed by atoms with van der Waals surface area (Å²) in [5, 5.41) is 13.3. The molecule has 0 aromatic heterocycles. The van der Waals surface area contributed by atoms with E-state index in [2.05, 4.69) is 5.16 Å². The topological polar surface area (TPSA) is 51.0 Å². The second-order valence-corrected chi connectivity index (χ2v) is 3.92. The normalized spacial score (nSPS) is 10.6. The molecule has 0 fully saturated rings. The molecule has 0 saturated carbocycles. The molecule has 19 heavy (non-hydrogen) atoms. The zero-order chi connectivity index (χ0) is 13.5. The summed E-state index contributed by atoms with van der Waals surface area (Å²) < 4.78 is 5.01. The van der Waals surface area contributed by atoms with Gasteiger partial charge >= 0.3 is 0 Å². The van der Waals surface area contributed by atoms with Crippen LogP contribution in [0.1, 0.15) is 11.1 Å². The first-order valence-electron chi connectivity index (χ1n) is 5.86. The summed E-state index contributed by atoms with van der Waals surface area (Å²) in [7, 11) is 1.50. The molecule has 1 N–H and O–H groups in total. The van der Waals surface area contributed by atoms with Crippen LogP contribution in [0.3, 0.4) is 0 Å². The number of ether oxygens (including phenoxy) is 1. The van der Waals surface area contributed by atoms with Crippen molar-refractivity contribution in [1.82, 2.24) is 0 Å². The fraction of sp³-hybridized carbons (Fsp3) is 0.133. The number of methoxy groups -OCH3 is 1. The predicted octanol–water partition coefficient (Wildman–Crippen LogP) is 2.95. The van der Waals surface area contributed by atoms with Crippen molar-refractivity contribution in [3.8, 4) is 11.5 Å². The van der Waals surface area contributed by atoms with Crippen LogP contribution in [0.5, 0.6) is 11.5 Å². The van der Waals surface area contributed by atoms with Gasteiger partial charge in [-0.25, -0.2) is 0 Å². The van der Waals surface area contributed by atoms with Gasteiger partial charge in [0.05, 0.1) is 13.3 Å². The zero-order valence-electron chi connectivity index (χ0n) is 10.6. The van der Waals surface area contributed by atoms with Crippen LogP contribution in [0.25, 0.3) is 0 Å². The minimum Gasteiger partial charge on any atom is -0.504 e. The summed E-state index contributed by atoms with van der Waals surface area (Å²) in [6, 6.07) is 14.8. The molecule has 0 saturated heterocycles. The molecule has 0 spiro atoms. The van der Waals surface area contributed by atoms with E-state index in [1.54, 1.807) is 24.4 Å². The lowest BCUT2D eigenvalue weighted by Crippen LogP contribution is -1.89. The second-order valence-electron chi connectivity index (χ2n) is 3.92. The molecule has 4 nitrogen and oxygen atoms in total. The van der Waals surface area contributed by atoms with Crippen LogP contribution in [0.2, 0.25) is 0 Å². The molecule has 0 aliphatic rings. The number of oxime groups is 1. The molecule has 0 atom stereocenters. The molecule has 0 radical (unpaired) electrons. The number of benzene rings is 2. The molecular formula is C15H15NO3. The van der Waals surface area contributed by atoms with Crippen molar-refractivity contribution in [3.63, 3.8) is 0 Å². The summed E-state index contributed by atoms with van der Waals surface area (Å²) in [5.74, 6) is 0.511. The Bertz CT molecular complexity index is 553. The zero-order valence-corrected chi connectivity index (χ0v) is 10.6. The molecule has 0 bridgehead atoms. The molecule has 2 rings (SSSR count). The van der Waals surface area contributed by atoms with Crippen LogP contribution < -0.4 is 4.74 Å². The lowest BCUT2D eigenvalue weighted by Gasteiger charge is -2.03. The highest BCUT2D eigenvalue weighted by molar-refractivity contribution is 5.80. The summed E-state index contributed by atoms with van der Waals surface area (Å²) >= 11 is 0. The summed E-state index contributed by atoms with van der Waals surface area (Å²) in [6.07, 6.45) is 1.57. The molecule has 2 aromatic carbocycles. The molecule has 0 unspecified atom stereocenters. The van der Waals surface area contributed by atoms with Crippen LogP contribution in [0.4, 0.5) is 0 Å². The Morgan fingerprint density at radius 1 is 1.16 bits per heavy atom. The first kappa shape index (κ1) is 13.0. The molecule has 98 valence electrons. The van der Waals surface area contributed by atoms with Crippen LogP contribution in [-0.4, -0.2) is 18.4 Å². The van der Waals surface area contributed by atoms with Gasteiger partial charge in [0.1, 0.15) is 6.61 Å². The average Bonchev–Trinajstić information content (AvgIpc) is 2.46. The van der Waals surface area contributed by atoms with Gasteiger partial charge in [-0.3, -0.25) is 0 Å². The Labute approximate surface area is 111 Å². The Morgan fingerprint density at radius 3 is 2.68 bits per heavy atom. The van der Waals surface area contributed by atoms with Crippen molar-refractivity contribution in [2.24, 2.45) is 5.16 Å². The Balaban J connectivity index is 1.92. The van der Waals surface area contributed by atoms with Gasteiger partial charge in [-0.2, -0.15) is 0 Å². The fourth-order valence-corrected chi connectivity index (χ4v) is 1.56. The van der Waals surface area contributed by atoms with Gasteiger partial charge in [-0.15, -0.1) is 0 Å². The predicted molar refractivity (Wildman–Crippen MR) is 73.5 cm³/mol. The maximum atomic E-state index is 9.45. The van der Waals surface area contributed by atoms with E-state index in [0.29, 0.717) is 12.4 Å². The van der Waals surface area contributed by atoms with Crippen molar-refractivity contribution in [2.45, 2.75) is 6.61 Å². The number of hydrogen-bond donors (Lipinski definition) is 1. The Hall–Kier alpha value is -2.49. The lowest BCUT2D eigenvalue weighted by atomic mass is 10.2. The van der Waals surface area contributed by atoms with Gasteiger partial charge < -0.3 is 14.7 Å². The molecular weight excluding hydrogens is 242 g/mol. The van der Waals surface area contributed by atoms with E-state index >= 15 is 0 Å². The third-order valence-corrected chi connectivity index (χ3v) is 2.55. The van der Waals surface area contributed by atoms with Crippen LogP contribution in [0, 0.1) is 0 Å². The first-order chi connectivity index (χ1) is 9.29. The third-order valence-electron chi connectivity index (χ3n) is 2.55. The van der Waals surface area contributed by atoms with Crippen LogP contribution >= 0.6 is 0 Å². The Morgan fingerprint density at radius 2 is 1.95 bits per heavy atom. The molecule has 0 heterocycles. The highest BCUT2D eigenvalue weighted by Crippen LogP contribution is 2.25. The van der Waals surface area contributed by atoms with Crippen molar-refractivity contribution >= 4 is 6.21 Å². The molecule has 0 aliphatic heterocycles. The summed E-state index contributed by atoms with van der Waals surface area (Å²) in [4.78, 5) is 5.19. The van der Waals surface area contributed by atoms with Gasteiger partial charge in [0.2, 0.25) is 0 Å². The summed E-state index contributed by atoms with van der Waals surface area (Å²) in [6.45, 7) is 0.423. The quantitative estimate of drug-likeness (QED) is 0.661. The van der Waals surface area contributed by atoms with Gasteiger partial charge in [0, 0.05) is 5.56 Å². The minimum absolute atomic E-state index is 0.102. The second kappa shape index (κ2) is 6.44. The summed E-state index contributed by atoms with van der Waals surface area (Å²) in [5.41, 5.74) is 1.85. The van der Waals surface area contributed by atoms with Gasteiger partial charge in [-0.05, 0) is 23.8 Å². The minimum atomic E-state index is 0.102. The molecule has 4 heteroatoms. The number of nitrogens with zero attached hydrogens (tertiary/aromatic N) is 1. The standard InChI is InChI=1S/C15H15NO3/c1-18-15-9-13(7-8-14(15)17)10-16-19-11-12-5-3-2-4-6-12/h2-10,17H,11H2,1H3/b16-10+. The number of hydrogen-bond acceptors (Lipinski definition) is 4. The Kier molecular flexibility index (Phi) is 4.39. The van der Waals surface area contributed by atoms with Crippen molar-refractivity contribution in [2.75, 3.05) is 7.11 Å². The third kappa shape index (κ3) is 3.74. The van der Waals surface area contributed by atoms with Gasteiger partial charge in [-0.1, -0.05) is 35.5 Å². The van der Waals surface area contributed by atoms with E-state index in [-0.39, 0.29) is 5.75 Å². The van der Waals surface area contributed by atoms with E-state index in [4.69, 9.17) is 9.57 Å². The first-order valence-corrected chi connectivity index (χ1v) is 5.86. The number of aromatic hydroxyl groups is 1. The lowest BCUT2D eigenvalue weighted by molar-refractivity contribution is 0.132. The maximum absolute atomic E-state index is 9.45. The van der Waals surface area contributed by atoms with E-state index < -0.39 is 0 Å². The van der Waals surface area contributed by atoms with Crippen molar-refractivity contribution < 1.29 is 14.7 Å². The number of rotatable bonds is 5. The van der Waals surface area contributed by atoms with Gasteiger partial charge in [0.15, 0.2) is 11.5 Å². The average molecular weight is 257 g/mol. The monoisotopic (exact) mass is 257 g/mol. The van der Waals surface area contributed by atoms with E-state index in [1.165, 1.54) is 7.11 Å². The molecule has 0 aliphatic carbocycles. The van der Waals surface area contributed by atoms with Crippen LogP contribution in [0.15, 0.2) is 53.7 Å². The van der Waals surface area contributed by atoms with Crippen LogP contribution in [-0.2, 0) is 11.4 Å². The highest BCUT2D eigenvalue weighted by atomic mass is 16.6. The maximum Gasteiger partial charge on any atom is 0.161 e. The smallest absolute Gasteiger partial charge is 0.161 e. The molecule has 2 aromatic rings. The van der Waals surface area contributed by atoms with E-state index in [9.17, 15) is 5.11 Å². The number of phenols is 1. The fourth-order valence-electron chi connectivity index (χ4n) is 1.56. The van der Waals surface area contributed by atoms with E-state index in [1.807, 2.05) is 30.3 Å². The van der Waals surface area contributed by atoms with Crippen molar-refractivity contribution in [1.29, 1.82) is 0 Å². The highest BCUT2D eigenvalue weighted by Gasteiger charge is 2.00.